The van der Waals surface area contributed by atoms with Crippen molar-refractivity contribution < 1.29 is 0 Å². The molecule has 74 valence electrons. The van der Waals surface area contributed by atoms with E-state index in [1.807, 2.05) is 11.3 Å². The molecule has 0 saturated heterocycles. The normalized spacial score (nSPS) is 11.0. The average molecular weight is 295 g/mol. The van der Waals surface area contributed by atoms with Gasteiger partial charge >= 0.3 is 0 Å². The number of thiophene rings is 2. The Morgan fingerprint density at radius 2 is 1.87 bits per heavy atom. The zero-order chi connectivity index (χ0) is 10.3. The molecule has 0 bridgehead atoms. The van der Waals surface area contributed by atoms with Gasteiger partial charge in [-0.3, -0.25) is 0 Å². The highest BCUT2D eigenvalue weighted by Crippen LogP contribution is 2.43. The molecule has 0 radical (unpaired) electrons. The summed E-state index contributed by atoms with van der Waals surface area (Å²) >= 11 is 7.32. The monoisotopic (exact) mass is 294 g/mol. The van der Waals surface area contributed by atoms with Crippen LogP contribution >= 0.6 is 38.6 Å². The third-order valence-corrected chi connectivity index (χ3v) is 5.59. The van der Waals surface area contributed by atoms with E-state index in [9.17, 15) is 0 Å². The number of rotatable bonds is 1. The summed E-state index contributed by atoms with van der Waals surface area (Å²) in [6.07, 6.45) is 0. The standard InChI is InChI=1S/C12H7BrS2/c13-11-8-4-1-2-5-9(8)15-12(11)10-6-3-7-14-10/h1-7H. The molecule has 0 N–H and O–H groups in total. The summed E-state index contributed by atoms with van der Waals surface area (Å²) in [5, 5.41) is 3.43. The lowest BCUT2D eigenvalue weighted by molar-refractivity contribution is 1.82. The number of benzene rings is 1. The minimum atomic E-state index is 1.23. The SMILES string of the molecule is Brc1c(-c2cccs2)sc2ccccc12. The molecule has 0 aliphatic carbocycles. The van der Waals surface area contributed by atoms with Crippen molar-refractivity contribution in [1.82, 2.24) is 0 Å². The van der Waals surface area contributed by atoms with Gasteiger partial charge in [-0.25, -0.2) is 0 Å². The second kappa shape index (κ2) is 3.74. The van der Waals surface area contributed by atoms with Gasteiger partial charge in [-0.15, -0.1) is 22.7 Å². The lowest BCUT2D eigenvalue weighted by atomic mass is 10.2. The molecule has 15 heavy (non-hydrogen) atoms. The van der Waals surface area contributed by atoms with Crippen molar-refractivity contribution in [1.29, 1.82) is 0 Å². The molecule has 0 unspecified atom stereocenters. The molecule has 3 aromatic rings. The Balaban J connectivity index is 2.33. The first-order valence-electron chi connectivity index (χ1n) is 4.57. The van der Waals surface area contributed by atoms with E-state index in [1.54, 1.807) is 11.3 Å². The van der Waals surface area contributed by atoms with Crippen molar-refractivity contribution in [2.75, 3.05) is 0 Å². The molecule has 0 aliphatic heterocycles. The van der Waals surface area contributed by atoms with Crippen LogP contribution in [-0.2, 0) is 0 Å². The van der Waals surface area contributed by atoms with E-state index in [2.05, 4.69) is 57.7 Å². The van der Waals surface area contributed by atoms with Crippen molar-refractivity contribution >= 4 is 48.7 Å². The van der Waals surface area contributed by atoms with Gasteiger partial charge in [-0.05, 0) is 33.4 Å². The van der Waals surface area contributed by atoms with Crippen LogP contribution < -0.4 is 0 Å². The quantitative estimate of drug-likeness (QED) is 0.564. The molecule has 0 fully saturated rings. The van der Waals surface area contributed by atoms with Crippen LogP contribution in [0.25, 0.3) is 19.8 Å². The molecule has 0 nitrogen and oxygen atoms in total. The van der Waals surface area contributed by atoms with E-state index < -0.39 is 0 Å². The van der Waals surface area contributed by atoms with Crippen molar-refractivity contribution in [3.8, 4) is 9.75 Å². The molecule has 0 spiro atoms. The summed E-state index contributed by atoms with van der Waals surface area (Å²) in [6, 6.07) is 12.8. The molecular weight excluding hydrogens is 288 g/mol. The first-order valence-corrected chi connectivity index (χ1v) is 7.06. The van der Waals surface area contributed by atoms with Gasteiger partial charge in [0.25, 0.3) is 0 Å². The van der Waals surface area contributed by atoms with Gasteiger partial charge in [0.2, 0.25) is 0 Å². The van der Waals surface area contributed by atoms with E-state index in [1.165, 1.54) is 24.3 Å². The van der Waals surface area contributed by atoms with Crippen molar-refractivity contribution in [2.45, 2.75) is 0 Å². The Hall–Kier alpha value is -0.640. The van der Waals surface area contributed by atoms with Crippen LogP contribution in [-0.4, -0.2) is 0 Å². The third-order valence-electron chi connectivity index (χ3n) is 2.28. The van der Waals surface area contributed by atoms with Crippen LogP contribution in [0.5, 0.6) is 0 Å². The molecule has 3 rings (SSSR count). The molecule has 0 atom stereocenters. The van der Waals surface area contributed by atoms with Gasteiger partial charge in [0.1, 0.15) is 0 Å². The number of hydrogen-bond acceptors (Lipinski definition) is 2. The fraction of sp³-hybridized carbons (Fsp3) is 0. The Bertz CT molecular complexity index is 593. The van der Waals surface area contributed by atoms with E-state index >= 15 is 0 Å². The summed E-state index contributed by atoms with van der Waals surface area (Å²) in [5.41, 5.74) is 0. The highest BCUT2D eigenvalue weighted by atomic mass is 79.9. The lowest BCUT2D eigenvalue weighted by Gasteiger charge is -1.91. The molecular formula is C12H7BrS2. The topological polar surface area (TPSA) is 0 Å². The van der Waals surface area contributed by atoms with Gasteiger partial charge in [-0.1, -0.05) is 24.3 Å². The predicted octanol–water partition coefficient (Wildman–Crippen LogP) is 5.39. The first-order chi connectivity index (χ1) is 7.36. The molecule has 0 amide bonds. The van der Waals surface area contributed by atoms with Gasteiger partial charge in [0.05, 0.1) is 4.88 Å². The fourth-order valence-electron chi connectivity index (χ4n) is 1.58. The summed E-state index contributed by atoms with van der Waals surface area (Å²) < 4.78 is 2.57. The fourth-order valence-corrected chi connectivity index (χ4v) is 4.60. The summed E-state index contributed by atoms with van der Waals surface area (Å²) in [6.45, 7) is 0. The van der Waals surface area contributed by atoms with E-state index in [4.69, 9.17) is 0 Å². The zero-order valence-corrected chi connectivity index (χ0v) is 11.0. The van der Waals surface area contributed by atoms with Crippen molar-refractivity contribution in [3.05, 3.63) is 46.3 Å². The van der Waals surface area contributed by atoms with Crippen molar-refractivity contribution in [2.24, 2.45) is 0 Å². The minimum Gasteiger partial charge on any atom is -0.143 e. The van der Waals surface area contributed by atoms with Crippen LogP contribution in [0, 0.1) is 0 Å². The summed E-state index contributed by atoms with van der Waals surface area (Å²) in [4.78, 5) is 2.68. The number of hydrogen-bond donors (Lipinski definition) is 0. The maximum atomic E-state index is 3.69. The van der Waals surface area contributed by atoms with Crippen LogP contribution in [0.4, 0.5) is 0 Å². The lowest BCUT2D eigenvalue weighted by Crippen LogP contribution is -1.64. The van der Waals surface area contributed by atoms with E-state index in [0.717, 1.165) is 0 Å². The highest BCUT2D eigenvalue weighted by molar-refractivity contribution is 9.10. The maximum Gasteiger partial charge on any atom is 0.0597 e. The van der Waals surface area contributed by atoms with Crippen LogP contribution in [0.3, 0.4) is 0 Å². The van der Waals surface area contributed by atoms with Crippen LogP contribution in [0.1, 0.15) is 0 Å². The highest BCUT2D eigenvalue weighted by Gasteiger charge is 2.11. The minimum absolute atomic E-state index is 1.23. The number of fused-ring (bicyclic) bond motifs is 1. The van der Waals surface area contributed by atoms with Gasteiger partial charge in [-0.2, -0.15) is 0 Å². The average Bonchev–Trinajstić information content (AvgIpc) is 2.87. The van der Waals surface area contributed by atoms with E-state index in [0.29, 0.717) is 0 Å². The molecule has 0 aliphatic rings. The molecule has 1 aromatic carbocycles. The maximum absolute atomic E-state index is 3.69. The summed E-state index contributed by atoms with van der Waals surface area (Å²) in [5.74, 6) is 0. The molecule has 0 saturated carbocycles. The summed E-state index contributed by atoms with van der Waals surface area (Å²) in [7, 11) is 0. The molecule has 2 aromatic heterocycles. The number of halogens is 1. The molecule has 3 heteroatoms. The smallest absolute Gasteiger partial charge is 0.0597 e. The largest absolute Gasteiger partial charge is 0.143 e. The van der Waals surface area contributed by atoms with E-state index in [-0.39, 0.29) is 0 Å². The van der Waals surface area contributed by atoms with Gasteiger partial charge < -0.3 is 0 Å². The Morgan fingerprint density at radius 1 is 1.00 bits per heavy atom. The Kier molecular flexibility index (Phi) is 2.39. The van der Waals surface area contributed by atoms with Gasteiger partial charge in [0, 0.05) is 19.4 Å². The predicted molar refractivity (Wildman–Crippen MR) is 72.8 cm³/mol. The second-order valence-electron chi connectivity index (χ2n) is 3.22. The first kappa shape index (κ1) is 9.58. The zero-order valence-electron chi connectivity index (χ0n) is 7.74. The van der Waals surface area contributed by atoms with Gasteiger partial charge in [0.15, 0.2) is 0 Å². The Morgan fingerprint density at radius 3 is 2.60 bits per heavy atom. The third kappa shape index (κ3) is 1.55. The van der Waals surface area contributed by atoms with Crippen LogP contribution in [0.15, 0.2) is 46.3 Å². The molecule has 2 heterocycles. The Labute approximate surface area is 104 Å². The van der Waals surface area contributed by atoms with Crippen molar-refractivity contribution in [3.63, 3.8) is 0 Å². The second-order valence-corrected chi connectivity index (χ2v) is 6.01. The van der Waals surface area contributed by atoms with Crippen LogP contribution in [0.2, 0.25) is 0 Å².